The maximum atomic E-state index is 12.6. The van der Waals surface area contributed by atoms with Gasteiger partial charge in [-0.15, -0.1) is 0 Å². The Kier molecular flexibility index (Phi) is 6.40. The normalized spacial score (nSPS) is 11.0. The second kappa shape index (κ2) is 8.52. The molecule has 2 aromatic rings. The second-order valence-corrected chi connectivity index (χ2v) is 6.04. The molecule has 0 aliphatic rings. The van der Waals surface area contributed by atoms with Gasteiger partial charge in [-0.2, -0.15) is 0 Å². The number of rotatable bonds is 8. The topological polar surface area (TPSA) is 106 Å². The Labute approximate surface area is 150 Å². The van der Waals surface area contributed by atoms with Gasteiger partial charge in [0, 0.05) is 32.1 Å². The third-order valence-corrected chi connectivity index (χ3v) is 3.93. The highest BCUT2D eigenvalue weighted by molar-refractivity contribution is 5.81. The van der Waals surface area contributed by atoms with Crippen molar-refractivity contribution in [3.63, 3.8) is 0 Å². The number of H-pyrrole nitrogens is 1. The molecule has 1 amide bonds. The van der Waals surface area contributed by atoms with Crippen LogP contribution in [0.5, 0.6) is 11.5 Å². The van der Waals surface area contributed by atoms with Crippen LogP contribution in [0.1, 0.15) is 6.42 Å². The Morgan fingerprint density at radius 1 is 1.19 bits per heavy atom. The number of hydrogen-bond acceptors (Lipinski definition) is 6. The highest BCUT2D eigenvalue weighted by Gasteiger charge is 2.13. The molecule has 0 bridgehead atoms. The van der Waals surface area contributed by atoms with Crippen molar-refractivity contribution in [3.8, 4) is 11.5 Å². The van der Waals surface area contributed by atoms with E-state index in [9.17, 15) is 14.4 Å². The Hall–Kier alpha value is -2.81. The molecule has 0 fully saturated rings. The van der Waals surface area contributed by atoms with Crippen LogP contribution >= 0.6 is 0 Å². The minimum Gasteiger partial charge on any atom is -0.493 e. The molecule has 142 valence electrons. The first-order valence-electron chi connectivity index (χ1n) is 8.17. The van der Waals surface area contributed by atoms with Crippen molar-refractivity contribution in [2.75, 3.05) is 41.4 Å². The number of likely N-dealkylation sites (N-methyl/N-ethyl adjacent to an activating group) is 1. The van der Waals surface area contributed by atoms with E-state index in [-0.39, 0.29) is 24.3 Å². The van der Waals surface area contributed by atoms with Gasteiger partial charge >= 0.3 is 5.69 Å². The smallest absolute Gasteiger partial charge is 0.328 e. The quantitative estimate of drug-likeness (QED) is 0.671. The fourth-order valence-corrected chi connectivity index (χ4v) is 2.50. The maximum absolute atomic E-state index is 12.6. The number of aromatic nitrogens is 2. The summed E-state index contributed by atoms with van der Waals surface area (Å²) in [6.07, 6.45) is 0.0369. The summed E-state index contributed by atoms with van der Waals surface area (Å²) < 4.78 is 11.4. The summed E-state index contributed by atoms with van der Waals surface area (Å²) in [5.41, 5.74) is -0.703. The van der Waals surface area contributed by atoms with Gasteiger partial charge in [0.05, 0.1) is 25.1 Å². The van der Waals surface area contributed by atoms with Gasteiger partial charge in [-0.25, -0.2) is 4.79 Å². The van der Waals surface area contributed by atoms with Gasteiger partial charge in [0.2, 0.25) is 5.91 Å². The molecule has 1 aromatic carbocycles. The molecule has 9 heteroatoms. The lowest BCUT2D eigenvalue weighted by molar-refractivity contribution is -0.121. The zero-order valence-corrected chi connectivity index (χ0v) is 15.4. The van der Waals surface area contributed by atoms with E-state index in [0.29, 0.717) is 30.1 Å². The Bertz CT molecular complexity index is 900. The lowest BCUT2D eigenvalue weighted by Crippen LogP contribution is -2.37. The van der Waals surface area contributed by atoms with Gasteiger partial charge in [-0.05, 0) is 20.2 Å². The van der Waals surface area contributed by atoms with Crippen LogP contribution in [0.2, 0.25) is 0 Å². The molecule has 0 aliphatic heterocycles. The van der Waals surface area contributed by atoms with Crippen LogP contribution in [0, 0.1) is 0 Å². The van der Waals surface area contributed by atoms with Gasteiger partial charge in [0.25, 0.3) is 5.56 Å². The number of carbonyl (C=O) groups excluding carboxylic acids is 1. The number of hydrogen-bond donors (Lipinski definition) is 2. The lowest BCUT2D eigenvalue weighted by atomic mass is 10.2. The molecule has 0 saturated heterocycles. The molecule has 0 unspecified atom stereocenters. The fraction of sp³-hybridized carbons (Fsp3) is 0.471. The average molecular weight is 364 g/mol. The lowest BCUT2D eigenvalue weighted by Gasteiger charge is -2.12. The van der Waals surface area contributed by atoms with Crippen LogP contribution in [0.3, 0.4) is 0 Å². The average Bonchev–Trinajstić information content (AvgIpc) is 2.60. The SMILES string of the molecule is COc1cc2[nH]c(=O)n(CCC(=O)NCCN(C)C)c(=O)c2cc1OC. The molecule has 26 heavy (non-hydrogen) atoms. The summed E-state index contributed by atoms with van der Waals surface area (Å²) in [5.74, 6) is 0.579. The molecule has 0 atom stereocenters. The van der Waals surface area contributed by atoms with Gasteiger partial charge in [-0.3, -0.25) is 14.2 Å². The molecule has 9 nitrogen and oxygen atoms in total. The molecular formula is C17H24N4O5. The van der Waals surface area contributed by atoms with Gasteiger partial charge < -0.3 is 24.7 Å². The number of carbonyl (C=O) groups is 1. The summed E-state index contributed by atoms with van der Waals surface area (Å²) in [5, 5.41) is 3.04. The summed E-state index contributed by atoms with van der Waals surface area (Å²) in [6.45, 7) is 1.21. The number of aromatic amines is 1. The molecule has 0 radical (unpaired) electrons. The number of benzene rings is 1. The van der Waals surface area contributed by atoms with Gasteiger partial charge in [-0.1, -0.05) is 0 Å². The van der Waals surface area contributed by atoms with E-state index in [2.05, 4.69) is 10.3 Å². The summed E-state index contributed by atoms with van der Waals surface area (Å²) >= 11 is 0. The molecule has 0 saturated carbocycles. The highest BCUT2D eigenvalue weighted by Crippen LogP contribution is 2.29. The van der Waals surface area contributed by atoms with Crippen molar-refractivity contribution in [1.82, 2.24) is 19.8 Å². The number of nitrogens with one attached hydrogen (secondary N) is 2. The molecule has 0 aliphatic carbocycles. The summed E-state index contributed by atoms with van der Waals surface area (Å²) in [6, 6.07) is 3.05. The minimum absolute atomic E-state index is 0.00769. The van der Waals surface area contributed by atoms with E-state index in [1.165, 1.54) is 26.4 Å². The molecule has 2 rings (SSSR count). The minimum atomic E-state index is -0.573. The molecule has 2 N–H and O–H groups in total. The zero-order chi connectivity index (χ0) is 19.3. The third-order valence-electron chi connectivity index (χ3n) is 3.93. The molecule has 1 heterocycles. The van der Waals surface area contributed by atoms with E-state index in [4.69, 9.17) is 9.47 Å². The predicted molar refractivity (Wildman–Crippen MR) is 98.1 cm³/mol. The molecule has 0 spiro atoms. The number of fused-ring (bicyclic) bond motifs is 1. The third kappa shape index (κ3) is 4.42. The predicted octanol–water partition coefficient (Wildman–Crippen LogP) is -0.225. The van der Waals surface area contributed by atoms with Crippen molar-refractivity contribution in [3.05, 3.63) is 33.0 Å². The fourth-order valence-electron chi connectivity index (χ4n) is 2.50. The van der Waals surface area contributed by atoms with E-state index in [0.717, 1.165) is 4.57 Å². The van der Waals surface area contributed by atoms with Crippen molar-refractivity contribution < 1.29 is 14.3 Å². The van der Waals surface area contributed by atoms with Crippen LogP contribution in [0.15, 0.2) is 21.7 Å². The number of nitrogens with zero attached hydrogens (tertiary/aromatic N) is 2. The number of ether oxygens (including phenoxy) is 2. The van der Waals surface area contributed by atoms with Crippen LogP contribution in [-0.4, -0.2) is 61.8 Å². The summed E-state index contributed by atoms with van der Waals surface area (Å²) in [7, 11) is 6.75. The van der Waals surface area contributed by atoms with E-state index in [1.807, 2.05) is 19.0 Å². The Morgan fingerprint density at radius 2 is 1.85 bits per heavy atom. The van der Waals surface area contributed by atoms with Crippen LogP contribution in [0.25, 0.3) is 10.9 Å². The van der Waals surface area contributed by atoms with Gasteiger partial charge in [0.1, 0.15) is 0 Å². The van der Waals surface area contributed by atoms with E-state index in [1.54, 1.807) is 0 Å². The second-order valence-electron chi connectivity index (χ2n) is 6.04. The maximum Gasteiger partial charge on any atom is 0.328 e. The number of amides is 1. The van der Waals surface area contributed by atoms with E-state index >= 15 is 0 Å². The standard InChI is InChI=1S/C17H24N4O5/c1-20(2)8-6-18-15(22)5-7-21-16(23)11-9-13(25-3)14(26-4)10-12(11)19-17(21)24/h9-10H,5-8H2,1-4H3,(H,18,22)(H,19,24). The Balaban J connectivity index is 2.24. The van der Waals surface area contributed by atoms with Crippen molar-refractivity contribution >= 4 is 16.8 Å². The van der Waals surface area contributed by atoms with Crippen molar-refractivity contribution in [2.45, 2.75) is 13.0 Å². The largest absolute Gasteiger partial charge is 0.493 e. The van der Waals surface area contributed by atoms with Crippen LogP contribution in [-0.2, 0) is 11.3 Å². The van der Waals surface area contributed by atoms with E-state index < -0.39 is 11.2 Å². The van der Waals surface area contributed by atoms with Crippen molar-refractivity contribution in [1.29, 1.82) is 0 Å². The van der Waals surface area contributed by atoms with Crippen molar-refractivity contribution in [2.24, 2.45) is 0 Å². The molecule has 1 aromatic heterocycles. The van der Waals surface area contributed by atoms with Gasteiger partial charge in [0.15, 0.2) is 11.5 Å². The monoisotopic (exact) mass is 364 g/mol. The summed E-state index contributed by atoms with van der Waals surface area (Å²) in [4.78, 5) is 41.3. The van der Waals surface area contributed by atoms with Crippen LogP contribution < -0.4 is 26.0 Å². The Morgan fingerprint density at radius 3 is 2.46 bits per heavy atom. The first-order chi connectivity index (χ1) is 12.4. The number of methoxy groups -OCH3 is 2. The molecular weight excluding hydrogens is 340 g/mol. The van der Waals surface area contributed by atoms with Crippen LogP contribution in [0.4, 0.5) is 0 Å². The zero-order valence-electron chi connectivity index (χ0n) is 15.4. The first-order valence-corrected chi connectivity index (χ1v) is 8.17. The highest BCUT2D eigenvalue weighted by atomic mass is 16.5. The first kappa shape index (κ1) is 19.5.